The van der Waals surface area contributed by atoms with Crippen molar-refractivity contribution >= 4 is 17.9 Å². The normalized spacial score (nSPS) is 15.9. The highest BCUT2D eigenvalue weighted by atomic mass is 16.6. The summed E-state index contributed by atoms with van der Waals surface area (Å²) in [7, 11) is 1.27. The molecule has 0 N–H and O–H groups in total. The predicted molar refractivity (Wildman–Crippen MR) is 45.0 cm³/mol. The summed E-state index contributed by atoms with van der Waals surface area (Å²) in [6, 6.07) is 0. The number of carbonyl (C=O) groups excluding carboxylic acids is 3. The Hall–Kier alpha value is -1.65. The Morgan fingerprint density at radius 3 is 2.43 bits per heavy atom. The van der Waals surface area contributed by atoms with Crippen molar-refractivity contribution in [3.05, 3.63) is 11.1 Å². The smallest absolute Gasteiger partial charge is 0.342 e. The van der Waals surface area contributed by atoms with Crippen molar-refractivity contribution < 1.29 is 23.9 Å². The molecule has 0 aromatic rings. The van der Waals surface area contributed by atoms with Crippen LogP contribution in [0.5, 0.6) is 0 Å². The van der Waals surface area contributed by atoms with E-state index in [1.807, 2.05) is 0 Å². The summed E-state index contributed by atoms with van der Waals surface area (Å²) in [6.07, 6.45) is 0.259. The molecule has 0 saturated carbocycles. The maximum atomic E-state index is 11.0. The molecule has 1 heterocycles. The van der Waals surface area contributed by atoms with Crippen molar-refractivity contribution in [2.75, 3.05) is 7.11 Å². The quantitative estimate of drug-likeness (QED) is 0.483. The van der Waals surface area contributed by atoms with Gasteiger partial charge in [-0.3, -0.25) is 4.79 Å². The van der Waals surface area contributed by atoms with E-state index in [1.165, 1.54) is 14.0 Å². The van der Waals surface area contributed by atoms with Crippen molar-refractivity contribution in [2.45, 2.75) is 19.8 Å². The zero-order valence-electron chi connectivity index (χ0n) is 7.96. The first-order valence-electron chi connectivity index (χ1n) is 4.09. The molecule has 14 heavy (non-hydrogen) atoms. The minimum Gasteiger partial charge on any atom is -0.469 e. The highest BCUT2D eigenvalue weighted by molar-refractivity contribution is 6.12. The molecule has 1 aliphatic rings. The molecular weight excluding hydrogens is 188 g/mol. The van der Waals surface area contributed by atoms with Crippen LogP contribution in [0, 0.1) is 0 Å². The van der Waals surface area contributed by atoms with E-state index < -0.39 is 17.9 Å². The van der Waals surface area contributed by atoms with Crippen molar-refractivity contribution in [3.8, 4) is 0 Å². The topological polar surface area (TPSA) is 69.7 Å². The predicted octanol–water partition coefficient (Wildman–Crippen LogP) is 0.339. The van der Waals surface area contributed by atoms with E-state index >= 15 is 0 Å². The second-order valence-electron chi connectivity index (χ2n) is 2.86. The molecule has 0 radical (unpaired) electrons. The van der Waals surface area contributed by atoms with Crippen LogP contribution < -0.4 is 0 Å². The zero-order chi connectivity index (χ0) is 10.7. The van der Waals surface area contributed by atoms with Gasteiger partial charge < -0.3 is 9.47 Å². The highest BCUT2D eigenvalue weighted by Crippen LogP contribution is 2.21. The van der Waals surface area contributed by atoms with Crippen LogP contribution in [-0.2, 0) is 23.9 Å². The summed E-state index contributed by atoms with van der Waals surface area (Å²) < 4.78 is 8.76. The second kappa shape index (κ2) is 4.04. The largest absolute Gasteiger partial charge is 0.469 e. The Balaban J connectivity index is 2.64. The van der Waals surface area contributed by atoms with Gasteiger partial charge in [0, 0.05) is 17.6 Å². The fourth-order valence-electron chi connectivity index (χ4n) is 1.12. The Morgan fingerprint density at radius 1 is 1.36 bits per heavy atom. The maximum absolute atomic E-state index is 11.0. The van der Waals surface area contributed by atoms with Gasteiger partial charge in [-0.05, 0) is 13.3 Å². The lowest BCUT2D eigenvalue weighted by atomic mass is 10.1. The van der Waals surface area contributed by atoms with E-state index in [9.17, 15) is 14.4 Å². The SMILES string of the molecule is COC(=O)CCC1=C(C)C(=O)OC1=O. The average Bonchev–Trinajstić information content (AvgIpc) is 2.39. The van der Waals surface area contributed by atoms with Crippen molar-refractivity contribution in [1.82, 2.24) is 0 Å². The van der Waals surface area contributed by atoms with Gasteiger partial charge in [-0.2, -0.15) is 0 Å². The molecule has 0 atom stereocenters. The molecule has 76 valence electrons. The van der Waals surface area contributed by atoms with Crippen LogP contribution in [0.25, 0.3) is 0 Å². The maximum Gasteiger partial charge on any atom is 0.342 e. The average molecular weight is 198 g/mol. The Bertz CT molecular complexity index is 326. The van der Waals surface area contributed by atoms with Gasteiger partial charge in [-0.15, -0.1) is 0 Å². The molecular formula is C9H10O5. The monoisotopic (exact) mass is 198 g/mol. The number of cyclic esters (lactones) is 2. The molecule has 0 bridgehead atoms. The van der Waals surface area contributed by atoms with E-state index in [1.54, 1.807) is 0 Å². The molecule has 0 aromatic carbocycles. The molecule has 0 spiro atoms. The molecule has 0 amide bonds. The number of rotatable bonds is 3. The van der Waals surface area contributed by atoms with E-state index in [0.717, 1.165) is 0 Å². The number of hydrogen-bond donors (Lipinski definition) is 0. The molecule has 0 aliphatic carbocycles. The van der Waals surface area contributed by atoms with Gasteiger partial charge in [0.05, 0.1) is 7.11 Å². The number of esters is 3. The van der Waals surface area contributed by atoms with Crippen LogP contribution >= 0.6 is 0 Å². The van der Waals surface area contributed by atoms with E-state index in [4.69, 9.17) is 0 Å². The first-order valence-corrected chi connectivity index (χ1v) is 4.09. The van der Waals surface area contributed by atoms with E-state index in [2.05, 4.69) is 9.47 Å². The Labute approximate surface area is 80.7 Å². The van der Waals surface area contributed by atoms with Gasteiger partial charge in [0.15, 0.2) is 0 Å². The van der Waals surface area contributed by atoms with Crippen LogP contribution in [0.2, 0.25) is 0 Å². The molecule has 1 aliphatic heterocycles. The number of hydrogen-bond acceptors (Lipinski definition) is 5. The third kappa shape index (κ3) is 1.99. The summed E-state index contributed by atoms with van der Waals surface area (Å²) in [4.78, 5) is 32.7. The van der Waals surface area contributed by atoms with Crippen molar-refractivity contribution in [1.29, 1.82) is 0 Å². The lowest BCUT2D eigenvalue weighted by Crippen LogP contribution is -2.05. The summed E-state index contributed by atoms with van der Waals surface area (Å²) in [5.41, 5.74) is 0.541. The molecule has 0 unspecified atom stereocenters. The standard InChI is InChI=1S/C9H10O5/c1-5-6(3-4-7(10)13-2)9(12)14-8(5)11/h3-4H2,1-2H3. The zero-order valence-corrected chi connectivity index (χ0v) is 7.96. The highest BCUT2D eigenvalue weighted by Gasteiger charge is 2.29. The fraction of sp³-hybridized carbons (Fsp3) is 0.444. The lowest BCUT2D eigenvalue weighted by molar-refractivity contribution is -0.151. The summed E-state index contributed by atoms with van der Waals surface area (Å²) in [6.45, 7) is 1.50. The van der Waals surface area contributed by atoms with Crippen LogP contribution in [-0.4, -0.2) is 25.0 Å². The Morgan fingerprint density at radius 2 is 2.00 bits per heavy atom. The lowest BCUT2D eigenvalue weighted by Gasteiger charge is -1.98. The minimum absolute atomic E-state index is 0.0750. The first kappa shape index (κ1) is 10.4. The number of carbonyl (C=O) groups is 3. The van der Waals surface area contributed by atoms with E-state index in [-0.39, 0.29) is 24.0 Å². The van der Waals surface area contributed by atoms with Gasteiger partial charge in [0.1, 0.15) is 0 Å². The molecule has 5 nitrogen and oxygen atoms in total. The third-order valence-corrected chi connectivity index (χ3v) is 2.00. The van der Waals surface area contributed by atoms with Gasteiger partial charge in [-0.25, -0.2) is 9.59 Å². The molecule has 5 heteroatoms. The van der Waals surface area contributed by atoms with Gasteiger partial charge in [0.2, 0.25) is 0 Å². The molecule has 1 rings (SSSR count). The van der Waals surface area contributed by atoms with Crippen LogP contribution in [0.1, 0.15) is 19.8 Å². The van der Waals surface area contributed by atoms with Gasteiger partial charge >= 0.3 is 17.9 Å². The van der Waals surface area contributed by atoms with Gasteiger partial charge in [0.25, 0.3) is 0 Å². The first-order chi connectivity index (χ1) is 6.56. The van der Waals surface area contributed by atoms with Crippen LogP contribution in [0.4, 0.5) is 0 Å². The molecule has 0 fully saturated rings. The fourth-order valence-corrected chi connectivity index (χ4v) is 1.12. The number of ether oxygens (including phenoxy) is 2. The van der Waals surface area contributed by atoms with E-state index in [0.29, 0.717) is 0 Å². The minimum atomic E-state index is -0.656. The van der Waals surface area contributed by atoms with Crippen LogP contribution in [0.3, 0.4) is 0 Å². The Kier molecular flexibility index (Phi) is 3.01. The van der Waals surface area contributed by atoms with Crippen molar-refractivity contribution in [3.63, 3.8) is 0 Å². The molecule has 0 aromatic heterocycles. The van der Waals surface area contributed by atoms with Gasteiger partial charge in [-0.1, -0.05) is 0 Å². The summed E-state index contributed by atoms with van der Waals surface area (Å²) >= 11 is 0. The third-order valence-electron chi connectivity index (χ3n) is 2.00. The van der Waals surface area contributed by atoms with Crippen LogP contribution in [0.15, 0.2) is 11.1 Å². The summed E-state index contributed by atoms with van der Waals surface area (Å²) in [5, 5.41) is 0. The van der Waals surface area contributed by atoms with Crippen molar-refractivity contribution in [2.24, 2.45) is 0 Å². The molecule has 0 saturated heterocycles. The number of methoxy groups -OCH3 is 1. The second-order valence-corrected chi connectivity index (χ2v) is 2.86. The summed E-state index contributed by atoms with van der Waals surface area (Å²) in [5.74, 6) is -1.70.